The summed E-state index contributed by atoms with van der Waals surface area (Å²) >= 11 is 5.58. The van der Waals surface area contributed by atoms with E-state index in [9.17, 15) is 13.2 Å². The summed E-state index contributed by atoms with van der Waals surface area (Å²) in [5.74, 6) is -0.341. The number of amides is 1. The number of carbonyl (C=O) groups is 1. The highest BCUT2D eigenvalue weighted by atomic mass is 35.5. The van der Waals surface area contributed by atoms with Gasteiger partial charge in [0.05, 0.1) is 10.6 Å². The van der Waals surface area contributed by atoms with Crippen molar-refractivity contribution >= 4 is 33.0 Å². The van der Waals surface area contributed by atoms with E-state index in [0.717, 1.165) is 0 Å². The van der Waals surface area contributed by atoms with Crippen molar-refractivity contribution < 1.29 is 17.6 Å². The summed E-state index contributed by atoms with van der Waals surface area (Å²) < 4.78 is 28.3. The largest absolute Gasteiger partial charge is 0.440 e. The quantitative estimate of drug-likeness (QED) is 0.941. The summed E-state index contributed by atoms with van der Waals surface area (Å²) in [4.78, 5) is 12.0. The first-order chi connectivity index (χ1) is 9.42. The zero-order chi connectivity index (χ0) is 14.8. The molecule has 2 rings (SSSR count). The van der Waals surface area contributed by atoms with Gasteiger partial charge in [0.1, 0.15) is 0 Å². The molecule has 0 unspecified atom stereocenters. The van der Waals surface area contributed by atoms with E-state index in [1.54, 1.807) is 6.92 Å². The van der Waals surface area contributed by atoms with Crippen molar-refractivity contribution in [3.8, 4) is 0 Å². The smallest absolute Gasteiger partial charge is 0.291 e. The van der Waals surface area contributed by atoms with Crippen LogP contribution in [-0.2, 0) is 9.84 Å². The number of benzene rings is 1. The van der Waals surface area contributed by atoms with Crippen LogP contribution in [0.4, 0.5) is 5.69 Å². The SMILES string of the molecule is CCS(=O)(=O)c1ccc(NC(=O)c2ccc(Cl)o2)cc1. The Morgan fingerprint density at radius 1 is 1.20 bits per heavy atom. The first kappa shape index (κ1) is 14.6. The van der Waals surface area contributed by atoms with E-state index in [1.165, 1.54) is 36.4 Å². The molecular weight excluding hydrogens is 302 g/mol. The molecular formula is C13H12ClNO4S. The van der Waals surface area contributed by atoms with Crippen LogP contribution in [0.25, 0.3) is 0 Å². The molecule has 0 aliphatic carbocycles. The van der Waals surface area contributed by atoms with Crippen LogP contribution in [0.2, 0.25) is 5.22 Å². The topological polar surface area (TPSA) is 76.4 Å². The van der Waals surface area contributed by atoms with Crippen molar-refractivity contribution in [2.75, 3.05) is 11.1 Å². The Kier molecular flexibility index (Phi) is 4.15. The van der Waals surface area contributed by atoms with E-state index < -0.39 is 15.7 Å². The Bertz CT molecular complexity index is 719. The number of hydrogen-bond acceptors (Lipinski definition) is 4. The molecule has 0 saturated heterocycles. The second-order valence-electron chi connectivity index (χ2n) is 3.99. The zero-order valence-corrected chi connectivity index (χ0v) is 12.2. The van der Waals surface area contributed by atoms with Gasteiger partial charge in [-0.1, -0.05) is 6.92 Å². The third-order valence-electron chi connectivity index (χ3n) is 2.65. The number of carbonyl (C=O) groups excluding carboxylic acids is 1. The Balaban J connectivity index is 2.14. The molecule has 1 aromatic carbocycles. The Hall–Kier alpha value is -1.79. The summed E-state index contributed by atoms with van der Waals surface area (Å²) in [6.45, 7) is 1.58. The van der Waals surface area contributed by atoms with Crippen LogP contribution in [0.3, 0.4) is 0 Å². The van der Waals surface area contributed by atoms with E-state index in [-0.39, 0.29) is 21.6 Å². The molecule has 0 aliphatic heterocycles. The van der Waals surface area contributed by atoms with Crippen LogP contribution in [0, 0.1) is 0 Å². The number of furan rings is 1. The number of sulfone groups is 1. The average Bonchev–Trinajstić information content (AvgIpc) is 2.86. The summed E-state index contributed by atoms with van der Waals surface area (Å²) in [5.41, 5.74) is 0.470. The maximum Gasteiger partial charge on any atom is 0.291 e. The Morgan fingerprint density at radius 2 is 1.85 bits per heavy atom. The molecule has 106 valence electrons. The molecule has 1 heterocycles. The van der Waals surface area contributed by atoms with Gasteiger partial charge in [0, 0.05) is 5.69 Å². The number of anilines is 1. The van der Waals surface area contributed by atoms with Crippen molar-refractivity contribution in [3.05, 3.63) is 47.4 Å². The maximum atomic E-state index is 11.8. The highest BCUT2D eigenvalue weighted by molar-refractivity contribution is 7.91. The van der Waals surface area contributed by atoms with Gasteiger partial charge in [-0.2, -0.15) is 0 Å². The second kappa shape index (κ2) is 5.68. The molecule has 0 saturated carbocycles. The molecule has 0 spiro atoms. The Morgan fingerprint density at radius 3 is 2.35 bits per heavy atom. The lowest BCUT2D eigenvalue weighted by Gasteiger charge is -2.05. The molecule has 2 aromatic rings. The van der Waals surface area contributed by atoms with Gasteiger partial charge >= 0.3 is 0 Å². The maximum absolute atomic E-state index is 11.8. The normalized spacial score (nSPS) is 11.3. The molecule has 7 heteroatoms. The molecule has 5 nitrogen and oxygen atoms in total. The van der Waals surface area contributed by atoms with Gasteiger partial charge in [-0.3, -0.25) is 4.79 Å². The van der Waals surface area contributed by atoms with Gasteiger partial charge in [0.2, 0.25) is 0 Å². The van der Waals surface area contributed by atoms with E-state index in [2.05, 4.69) is 5.32 Å². The van der Waals surface area contributed by atoms with Crippen LogP contribution >= 0.6 is 11.6 Å². The molecule has 20 heavy (non-hydrogen) atoms. The molecule has 1 aromatic heterocycles. The summed E-state index contributed by atoms with van der Waals surface area (Å²) in [6.07, 6.45) is 0. The fraction of sp³-hybridized carbons (Fsp3) is 0.154. The molecule has 1 N–H and O–H groups in total. The molecule has 0 aliphatic rings. The fourth-order valence-corrected chi connectivity index (χ4v) is 2.57. The third-order valence-corrected chi connectivity index (χ3v) is 4.60. The third kappa shape index (κ3) is 3.20. The molecule has 1 amide bonds. The van der Waals surface area contributed by atoms with Crippen molar-refractivity contribution in [3.63, 3.8) is 0 Å². The van der Waals surface area contributed by atoms with Crippen LogP contribution in [0.15, 0.2) is 45.7 Å². The monoisotopic (exact) mass is 313 g/mol. The Labute approximate surface area is 121 Å². The fourth-order valence-electron chi connectivity index (χ4n) is 1.54. The molecule has 0 radical (unpaired) electrons. The average molecular weight is 314 g/mol. The molecule has 0 atom stereocenters. The van der Waals surface area contributed by atoms with Crippen LogP contribution in [-0.4, -0.2) is 20.1 Å². The number of rotatable bonds is 4. The zero-order valence-electron chi connectivity index (χ0n) is 10.6. The molecule has 0 bridgehead atoms. The second-order valence-corrected chi connectivity index (χ2v) is 6.64. The van der Waals surface area contributed by atoms with Crippen molar-refractivity contribution in [1.29, 1.82) is 0 Å². The van der Waals surface area contributed by atoms with E-state index >= 15 is 0 Å². The van der Waals surface area contributed by atoms with E-state index in [1.807, 2.05) is 0 Å². The standard InChI is InChI=1S/C13H12ClNO4S/c1-2-20(17,18)10-5-3-9(4-6-10)15-13(16)11-7-8-12(14)19-11/h3-8H,2H2,1H3,(H,15,16). The van der Waals surface area contributed by atoms with E-state index in [0.29, 0.717) is 5.69 Å². The lowest BCUT2D eigenvalue weighted by molar-refractivity contribution is 0.0997. The highest BCUT2D eigenvalue weighted by Crippen LogP contribution is 2.18. The summed E-state index contributed by atoms with van der Waals surface area (Å²) in [5, 5.41) is 2.71. The summed E-state index contributed by atoms with van der Waals surface area (Å²) in [6, 6.07) is 8.85. The van der Waals surface area contributed by atoms with Crippen LogP contribution in [0.1, 0.15) is 17.5 Å². The predicted molar refractivity (Wildman–Crippen MR) is 75.8 cm³/mol. The minimum atomic E-state index is -3.24. The van der Waals surface area contributed by atoms with Gasteiger partial charge in [0.25, 0.3) is 5.91 Å². The van der Waals surface area contributed by atoms with Gasteiger partial charge in [0.15, 0.2) is 20.8 Å². The number of halogens is 1. The molecule has 0 fully saturated rings. The van der Waals surface area contributed by atoms with Gasteiger partial charge in [-0.25, -0.2) is 8.42 Å². The van der Waals surface area contributed by atoms with Crippen molar-refractivity contribution in [2.24, 2.45) is 0 Å². The van der Waals surface area contributed by atoms with Crippen LogP contribution < -0.4 is 5.32 Å². The number of hydrogen-bond donors (Lipinski definition) is 1. The van der Waals surface area contributed by atoms with Crippen molar-refractivity contribution in [2.45, 2.75) is 11.8 Å². The lowest BCUT2D eigenvalue weighted by Crippen LogP contribution is -2.11. The minimum absolute atomic E-state index is 0.0313. The predicted octanol–water partition coefficient (Wildman–Crippen LogP) is 2.98. The highest BCUT2D eigenvalue weighted by Gasteiger charge is 2.13. The first-order valence-corrected chi connectivity index (χ1v) is 7.85. The van der Waals surface area contributed by atoms with Gasteiger partial charge in [-0.05, 0) is 48.0 Å². The minimum Gasteiger partial charge on any atom is -0.440 e. The van der Waals surface area contributed by atoms with Gasteiger partial charge in [-0.15, -0.1) is 0 Å². The first-order valence-electron chi connectivity index (χ1n) is 5.82. The van der Waals surface area contributed by atoms with Gasteiger partial charge < -0.3 is 9.73 Å². The van der Waals surface area contributed by atoms with Crippen LogP contribution in [0.5, 0.6) is 0 Å². The van der Waals surface area contributed by atoms with E-state index in [4.69, 9.17) is 16.0 Å². The number of nitrogens with one attached hydrogen (secondary N) is 1. The summed E-state index contributed by atoms with van der Waals surface area (Å²) in [7, 11) is -3.24. The van der Waals surface area contributed by atoms with Crippen molar-refractivity contribution in [1.82, 2.24) is 0 Å². The lowest BCUT2D eigenvalue weighted by atomic mass is 10.3.